The first kappa shape index (κ1) is 16.3. The number of aromatic amines is 1. The van der Waals surface area contributed by atoms with Crippen molar-refractivity contribution in [1.82, 2.24) is 10.2 Å². The predicted octanol–water partition coefficient (Wildman–Crippen LogP) is 3.87. The van der Waals surface area contributed by atoms with Gasteiger partial charge in [0.2, 0.25) is 0 Å². The van der Waals surface area contributed by atoms with E-state index < -0.39 is 4.92 Å². The summed E-state index contributed by atoms with van der Waals surface area (Å²) in [7, 11) is 1.53. The topological polar surface area (TPSA) is 101 Å². The van der Waals surface area contributed by atoms with Crippen molar-refractivity contribution in [2.24, 2.45) is 0 Å². The van der Waals surface area contributed by atoms with E-state index in [9.17, 15) is 15.2 Å². The van der Waals surface area contributed by atoms with Gasteiger partial charge in [-0.15, -0.1) is 0 Å². The van der Waals surface area contributed by atoms with Gasteiger partial charge in [-0.25, -0.2) is 0 Å². The Balaban J connectivity index is 1.94. The van der Waals surface area contributed by atoms with Gasteiger partial charge < -0.3 is 9.84 Å². The van der Waals surface area contributed by atoms with Crippen molar-refractivity contribution in [1.29, 1.82) is 0 Å². The second kappa shape index (κ2) is 6.88. The minimum atomic E-state index is -0.438. The Morgan fingerprint density at radius 3 is 2.64 bits per heavy atom. The predicted molar refractivity (Wildman–Crippen MR) is 94.3 cm³/mol. The van der Waals surface area contributed by atoms with Crippen molar-refractivity contribution >= 4 is 17.8 Å². The van der Waals surface area contributed by atoms with Gasteiger partial charge in [0.15, 0.2) is 0 Å². The number of aromatic nitrogens is 2. The molecule has 2 N–H and O–H groups in total. The van der Waals surface area contributed by atoms with E-state index in [0.29, 0.717) is 17.0 Å². The Bertz CT molecular complexity index is 930. The fourth-order valence-electron chi connectivity index (χ4n) is 2.46. The average molecular weight is 337 g/mol. The number of hydrogen-bond acceptors (Lipinski definition) is 5. The highest BCUT2D eigenvalue weighted by Gasteiger charge is 2.15. The number of nitro benzene ring substituents is 1. The number of phenols is 1. The van der Waals surface area contributed by atoms with Crippen LogP contribution in [0.15, 0.2) is 48.7 Å². The Morgan fingerprint density at radius 2 is 1.96 bits per heavy atom. The molecular weight excluding hydrogens is 322 g/mol. The van der Waals surface area contributed by atoms with Crippen LogP contribution in [0.25, 0.3) is 23.4 Å². The number of nitrogens with zero attached hydrogens (tertiary/aromatic N) is 2. The monoisotopic (exact) mass is 337 g/mol. The Hall–Kier alpha value is -3.61. The van der Waals surface area contributed by atoms with Crippen molar-refractivity contribution in [2.45, 2.75) is 0 Å². The van der Waals surface area contributed by atoms with Crippen molar-refractivity contribution < 1.29 is 14.8 Å². The number of phenolic OH excluding ortho intramolecular Hbond substituents is 1. The Kier molecular flexibility index (Phi) is 4.47. The number of nitrogens with one attached hydrogen (secondary N) is 1. The number of rotatable bonds is 5. The van der Waals surface area contributed by atoms with Gasteiger partial charge in [-0.2, -0.15) is 5.10 Å². The highest BCUT2D eigenvalue weighted by molar-refractivity contribution is 5.83. The molecule has 3 aromatic rings. The zero-order valence-electron chi connectivity index (χ0n) is 13.3. The SMILES string of the molecule is COc1cccc(O)c1-c1[nH]ncc1/C=C/c1ccc([N+](=O)[O-])cc1. The lowest BCUT2D eigenvalue weighted by molar-refractivity contribution is -0.384. The summed E-state index contributed by atoms with van der Waals surface area (Å²) in [5, 5.41) is 27.8. The molecule has 1 heterocycles. The molecule has 7 heteroatoms. The number of hydrogen-bond donors (Lipinski definition) is 2. The molecule has 0 aliphatic heterocycles. The van der Waals surface area contributed by atoms with E-state index in [1.165, 1.54) is 19.2 Å². The molecule has 0 radical (unpaired) electrons. The number of ether oxygens (including phenoxy) is 1. The van der Waals surface area contributed by atoms with E-state index >= 15 is 0 Å². The highest BCUT2D eigenvalue weighted by Crippen LogP contribution is 2.38. The third-order valence-corrected chi connectivity index (χ3v) is 3.70. The maximum atomic E-state index is 10.7. The molecule has 0 spiro atoms. The van der Waals surface area contributed by atoms with Crippen molar-refractivity contribution in [3.63, 3.8) is 0 Å². The molecule has 2 aromatic carbocycles. The van der Waals surface area contributed by atoms with Crippen LogP contribution in [-0.4, -0.2) is 27.3 Å². The zero-order valence-corrected chi connectivity index (χ0v) is 13.3. The molecule has 1 aromatic heterocycles. The van der Waals surface area contributed by atoms with E-state index in [1.807, 2.05) is 12.2 Å². The molecule has 0 aliphatic rings. The first-order valence-electron chi connectivity index (χ1n) is 7.42. The van der Waals surface area contributed by atoms with Crippen LogP contribution in [0.2, 0.25) is 0 Å². The van der Waals surface area contributed by atoms with Crippen LogP contribution in [0, 0.1) is 10.1 Å². The summed E-state index contributed by atoms with van der Waals surface area (Å²) in [5.74, 6) is 0.600. The Morgan fingerprint density at radius 1 is 1.20 bits per heavy atom. The minimum Gasteiger partial charge on any atom is -0.507 e. The molecule has 7 nitrogen and oxygen atoms in total. The number of nitro groups is 1. The molecule has 3 rings (SSSR count). The number of H-pyrrole nitrogens is 1. The smallest absolute Gasteiger partial charge is 0.269 e. The van der Waals surface area contributed by atoms with Crippen LogP contribution in [-0.2, 0) is 0 Å². The van der Waals surface area contributed by atoms with E-state index in [4.69, 9.17) is 4.74 Å². The third-order valence-electron chi connectivity index (χ3n) is 3.70. The van der Waals surface area contributed by atoms with Gasteiger partial charge in [0.25, 0.3) is 5.69 Å². The van der Waals surface area contributed by atoms with Crippen LogP contribution in [0.4, 0.5) is 5.69 Å². The standard InChI is InChI=1S/C18H15N3O4/c1-25-16-4-2-3-15(22)17(16)18-13(11-19-20-18)8-5-12-6-9-14(10-7-12)21(23)24/h2-11,22H,1H3,(H,19,20)/b8-5+. The molecule has 126 valence electrons. The average Bonchev–Trinajstić information content (AvgIpc) is 3.08. The summed E-state index contributed by atoms with van der Waals surface area (Å²) < 4.78 is 5.31. The number of non-ortho nitro benzene ring substituents is 1. The van der Waals surface area contributed by atoms with Gasteiger partial charge in [-0.1, -0.05) is 18.2 Å². The second-order valence-electron chi connectivity index (χ2n) is 5.24. The maximum absolute atomic E-state index is 10.7. The lowest BCUT2D eigenvalue weighted by Gasteiger charge is -2.09. The van der Waals surface area contributed by atoms with E-state index in [0.717, 1.165) is 11.1 Å². The Labute approximate surface area is 143 Å². The van der Waals surface area contributed by atoms with Crippen molar-refractivity contribution in [3.05, 3.63) is 69.9 Å². The fourth-order valence-corrected chi connectivity index (χ4v) is 2.46. The highest BCUT2D eigenvalue weighted by atomic mass is 16.6. The number of aromatic hydroxyl groups is 1. The molecule has 25 heavy (non-hydrogen) atoms. The summed E-state index contributed by atoms with van der Waals surface area (Å²) in [6.07, 6.45) is 5.25. The van der Waals surface area contributed by atoms with Crippen LogP contribution in [0.1, 0.15) is 11.1 Å². The van der Waals surface area contributed by atoms with Gasteiger partial charge in [0.1, 0.15) is 11.5 Å². The number of benzene rings is 2. The van der Waals surface area contributed by atoms with Crippen molar-refractivity contribution in [3.8, 4) is 22.8 Å². The summed E-state index contributed by atoms with van der Waals surface area (Å²) >= 11 is 0. The van der Waals surface area contributed by atoms with Crippen LogP contribution >= 0.6 is 0 Å². The minimum absolute atomic E-state index is 0.0418. The normalized spacial score (nSPS) is 10.9. The van der Waals surface area contributed by atoms with E-state index in [-0.39, 0.29) is 11.4 Å². The quantitative estimate of drug-likeness (QED) is 0.543. The fraction of sp³-hybridized carbons (Fsp3) is 0.0556. The molecule has 0 saturated carbocycles. The number of methoxy groups -OCH3 is 1. The molecule has 0 fully saturated rings. The van der Waals surface area contributed by atoms with Crippen LogP contribution in [0.3, 0.4) is 0 Å². The first-order chi connectivity index (χ1) is 12.1. The first-order valence-corrected chi connectivity index (χ1v) is 7.42. The summed E-state index contributed by atoms with van der Waals surface area (Å²) in [5.41, 5.74) is 2.74. The summed E-state index contributed by atoms with van der Waals surface area (Å²) in [6.45, 7) is 0. The van der Waals surface area contributed by atoms with Gasteiger partial charge >= 0.3 is 0 Å². The molecule has 0 atom stereocenters. The summed E-state index contributed by atoms with van der Waals surface area (Å²) in [4.78, 5) is 10.3. The van der Waals surface area contributed by atoms with E-state index in [2.05, 4.69) is 10.2 Å². The summed E-state index contributed by atoms with van der Waals surface area (Å²) in [6, 6.07) is 11.2. The lowest BCUT2D eigenvalue weighted by atomic mass is 10.0. The van der Waals surface area contributed by atoms with Gasteiger partial charge in [0, 0.05) is 17.7 Å². The molecular formula is C18H15N3O4. The van der Waals surface area contributed by atoms with Crippen LogP contribution < -0.4 is 4.74 Å². The van der Waals surface area contributed by atoms with Gasteiger partial charge in [0.05, 0.1) is 29.5 Å². The molecule has 0 amide bonds. The zero-order chi connectivity index (χ0) is 17.8. The molecule has 0 unspecified atom stereocenters. The van der Waals surface area contributed by atoms with Gasteiger partial charge in [-0.05, 0) is 29.8 Å². The molecule has 0 saturated heterocycles. The van der Waals surface area contributed by atoms with E-state index in [1.54, 1.807) is 36.5 Å². The third kappa shape index (κ3) is 3.35. The van der Waals surface area contributed by atoms with Crippen molar-refractivity contribution in [2.75, 3.05) is 7.11 Å². The molecule has 0 aliphatic carbocycles. The largest absolute Gasteiger partial charge is 0.507 e. The molecule has 0 bridgehead atoms. The second-order valence-corrected chi connectivity index (χ2v) is 5.24. The lowest BCUT2D eigenvalue weighted by Crippen LogP contribution is -1.90. The maximum Gasteiger partial charge on any atom is 0.269 e. The van der Waals surface area contributed by atoms with Crippen LogP contribution in [0.5, 0.6) is 11.5 Å². The van der Waals surface area contributed by atoms with Gasteiger partial charge in [-0.3, -0.25) is 15.2 Å².